The first-order valence-corrected chi connectivity index (χ1v) is 4.54. The molecule has 88 valence electrons. The van der Waals surface area contributed by atoms with Gasteiger partial charge in [0.25, 0.3) is 5.91 Å². The molecular weight excluding hydrogens is 230 g/mol. The van der Waals surface area contributed by atoms with Crippen LogP contribution in [0.15, 0.2) is 27.4 Å². The van der Waals surface area contributed by atoms with Crippen molar-refractivity contribution >= 4 is 11.9 Å². The number of rotatable bonds is 4. The van der Waals surface area contributed by atoms with Crippen molar-refractivity contribution in [2.75, 3.05) is 0 Å². The third kappa shape index (κ3) is 2.48. The van der Waals surface area contributed by atoms with Crippen LogP contribution in [-0.2, 0) is 6.54 Å². The fourth-order valence-electron chi connectivity index (χ4n) is 1.07. The number of carboxylic acids is 1. The van der Waals surface area contributed by atoms with E-state index in [4.69, 9.17) is 5.11 Å². The summed E-state index contributed by atoms with van der Waals surface area (Å²) >= 11 is 0. The zero-order chi connectivity index (χ0) is 12.3. The minimum atomic E-state index is -1.28. The number of aromatic carboxylic acids is 1. The zero-order valence-corrected chi connectivity index (χ0v) is 8.41. The second-order valence-electron chi connectivity index (χ2n) is 3.06. The Bertz CT molecular complexity index is 531. The lowest BCUT2D eigenvalue weighted by atomic mass is 10.3. The molecule has 0 aliphatic rings. The fourth-order valence-corrected chi connectivity index (χ4v) is 1.07. The van der Waals surface area contributed by atoms with Gasteiger partial charge in [0.1, 0.15) is 12.0 Å². The molecule has 8 nitrogen and oxygen atoms in total. The highest BCUT2D eigenvalue weighted by Crippen LogP contribution is 2.03. The quantitative estimate of drug-likeness (QED) is 0.784. The zero-order valence-electron chi connectivity index (χ0n) is 8.41. The topological polar surface area (TPSA) is 118 Å². The first-order chi connectivity index (χ1) is 8.16. The number of carboxylic acid groups (broad SMARTS) is 1. The molecular formula is C9H7N3O5. The highest BCUT2D eigenvalue weighted by molar-refractivity contribution is 5.94. The van der Waals surface area contributed by atoms with E-state index >= 15 is 0 Å². The maximum atomic E-state index is 11.5. The van der Waals surface area contributed by atoms with Crippen LogP contribution in [0.5, 0.6) is 0 Å². The summed E-state index contributed by atoms with van der Waals surface area (Å²) in [6.07, 6.45) is 1.38. The van der Waals surface area contributed by atoms with E-state index in [2.05, 4.69) is 24.7 Å². The van der Waals surface area contributed by atoms with Crippen LogP contribution in [-0.4, -0.2) is 27.3 Å². The first kappa shape index (κ1) is 10.9. The van der Waals surface area contributed by atoms with Crippen molar-refractivity contribution in [1.82, 2.24) is 15.6 Å². The maximum Gasteiger partial charge on any atom is 0.374 e. The molecule has 8 heteroatoms. The molecule has 0 atom stereocenters. The van der Waals surface area contributed by atoms with Gasteiger partial charge in [0.15, 0.2) is 5.69 Å². The molecule has 0 bridgehead atoms. The molecule has 0 radical (unpaired) electrons. The summed E-state index contributed by atoms with van der Waals surface area (Å²) in [6, 6.07) is 2.63. The number of carbonyl (C=O) groups excluding carboxylic acids is 1. The molecule has 0 aliphatic heterocycles. The van der Waals surface area contributed by atoms with E-state index in [9.17, 15) is 9.59 Å². The summed E-state index contributed by atoms with van der Waals surface area (Å²) in [5, 5.41) is 18.0. The Kier molecular flexibility index (Phi) is 2.86. The van der Waals surface area contributed by atoms with Crippen LogP contribution >= 0.6 is 0 Å². The first-order valence-electron chi connectivity index (χ1n) is 4.54. The second kappa shape index (κ2) is 4.47. The summed E-state index contributed by atoms with van der Waals surface area (Å²) in [5.74, 6) is -2.23. The van der Waals surface area contributed by atoms with Gasteiger partial charge in [0.05, 0.1) is 6.54 Å². The lowest BCUT2D eigenvalue weighted by Crippen LogP contribution is -2.23. The molecule has 0 aliphatic carbocycles. The van der Waals surface area contributed by atoms with Crippen molar-refractivity contribution in [3.63, 3.8) is 0 Å². The number of hydrogen-bond acceptors (Lipinski definition) is 6. The Balaban J connectivity index is 1.97. The lowest BCUT2D eigenvalue weighted by molar-refractivity contribution is 0.0651. The van der Waals surface area contributed by atoms with Gasteiger partial charge in [-0.3, -0.25) is 4.79 Å². The molecule has 0 saturated heterocycles. The number of carbonyl (C=O) groups is 2. The molecule has 2 N–H and O–H groups in total. The van der Waals surface area contributed by atoms with Gasteiger partial charge in [0, 0.05) is 12.1 Å². The van der Waals surface area contributed by atoms with E-state index in [0.717, 1.165) is 6.07 Å². The molecule has 2 heterocycles. The molecule has 0 aromatic carbocycles. The molecule has 0 fully saturated rings. The van der Waals surface area contributed by atoms with Crippen LogP contribution in [0.2, 0.25) is 0 Å². The number of aromatic nitrogens is 2. The van der Waals surface area contributed by atoms with E-state index in [1.165, 1.54) is 6.26 Å². The largest absolute Gasteiger partial charge is 0.475 e. The Morgan fingerprint density at radius 2 is 2.24 bits per heavy atom. The van der Waals surface area contributed by atoms with Gasteiger partial charge >= 0.3 is 5.97 Å². The van der Waals surface area contributed by atoms with Crippen LogP contribution in [0.1, 0.15) is 26.7 Å². The Labute approximate surface area is 94.2 Å². The predicted octanol–water partition coefficient (Wildman–Crippen LogP) is 0.291. The number of hydrogen-bond donors (Lipinski definition) is 2. The maximum absolute atomic E-state index is 11.5. The van der Waals surface area contributed by atoms with Crippen molar-refractivity contribution in [1.29, 1.82) is 0 Å². The van der Waals surface area contributed by atoms with Gasteiger partial charge in [-0.05, 0) is 0 Å². The minimum absolute atomic E-state index is 0.106. The van der Waals surface area contributed by atoms with E-state index in [1.54, 1.807) is 6.07 Å². The summed E-state index contributed by atoms with van der Waals surface area (Å²) in [6.45, 7) is 0.157. The van der Waals surface area contributed by atoms with Crippen molar-refractivity contribution in [3.05, 3.63) is 35.5 Å². The van der Waals surface area contributed by atoms with Crippen LogP contribution in [0.4, 0.5) is 0 Å². The SMILES string of the molecule is O=C(NCc1ccon1)c1cc(C(=O)O)on1. The molecule has 2 aromatic rings. The fraction of sp³-hybridized carbons (Fsp3) is 0.111. The third-order valence-corrected chi connectivity index (χ3v) is 1.87. The molecule has 0 unspecified atom stereocenters. The summed E-state index contributed by atoms with van der Waals surface area (Å²) < 4.78 is 9.01. The Hall–Kier alpha value is -2.64. The van der Waals surface area contributed by atoms with Gasteiger partial charge in [-0.2, -0.15) is 0 Å². The van der Waals surface area contributed by atoms with Crippen LogP contribution in [0.3, 0.4) is 0 Å². The normalized spacial score (nSPS) is 10.1. The number of nitrogens with one attached hydrogen (secondary N) is 1. The summed E-state index contributed by atoms with van der Waals surface area (Å²) in [5.41, 5.74) is 0.436. The molecule has 0 saturated carbocycles. The van der Waals surface area contributed by atoms with Crippen molar-refractivity contribution in [2.45, 2.75) is 6.54 Å². The van der Waals surface area contributed by atoms with Gasteiger partial charge in [-0.15, -0.1) is 0 Å². The predicted molar refractivity (Wildman–Crippen MR) is 51.1 cm³/mol. The van der Waals surface area contributed by atoms with Gasteiger partial charge in [0.2, 0.25) is 5.76 Å². The van der Waals surface area contributed by atoms with E-state index in [1.807, 2.05) is 0 Å². The molecule has 17 heavy (non-hydrogen) atoms. The van der Waals surface area contributed by atoms with E-state index in [0.29, 0.717) is 5.69 Å². The van der Waals surface area contributed by atoms with Crippen molar-refractivity contribution < 1.29 is 23.7 Å². The number of nitrogens with zero attached hydrogens (tertiary/aromatic N) is 2. The van der Waals surface area contributed by atoms with Crippen LogP contribution in [0, 0.1) is 0 Å². The standard InChI is InChI=1S/C9H7N3O5/c13-8(10-4-5-1-2-16-11-5)6-3-7(9(14)15)17-12-6/h1-3H,4H2,(H,10,13)(H,14,15). The van der Waals surface area contributed by atoms with Gasteiger partial charge in [-0.1, -0.05) is 10.3 Å². The number of amides is 1. The Morgan fingerprint density at radius 3 is 2.82 bits per heavy atom. The van der Waals surface area contributed by atoms with Crippen LogP contribution in [0.25, 0.3) is 0 Å². The van der Waals surface area contributed by atoms with E-state index < -0.39 is 17.6 Å². The lowest BCUT2D eigenvalue weighted by Gasteiger charge is -1.97. The average Bonchev–Trinajstić information content (AvgIpc) is 2.96. The molecule has 2 aromatic heterocycles. The summed E-state index contributed by atoms with van der Waals surface area (Å²) in [7, 11) is 0. The smallest absolute Gasteiger partial charge is 0.374 e. The minimum Gasteiger partial charge on any atom is -0.475 e. The van der Waals surface area contributed by atoms with E-state index in [-0.39, 0.29) is 12.2 Å². The monoisotopic (exact) mass is 237 g/mol. The molecule has 1 amide bonds. The van der Waals surface area contributed by atoms with Crippen molar-refractivity contribution in [3.8, 4) is 0 Å². The molecule has 2 rings (SSSR count). The highest BCUT2D eigenvalue weighted by Gasteiger charge is 2.16. The third-order valence-electron chi connectivity index (χ3n) is 1.87. The average molecular weight is 237 g/mol. The highest BCUT2D eigenvalue weighted by atomic mass is 16.5. The Morgan fingerprint density at radius 1 is 1.41 bits per heavy atom. The summed E-state index contributed by atoms with van der Waals surface area (Å²) in [4.78, 5) is 22.0. The molecule has 0 spiro atoms. The van der Waals surface area contributed by atoms with Crippen molar-refractivity contribution in [2.24, 2.45) is 0 Å². The van der Waals surface area contributed by atoms with Crippen LogP contribution < -0.4 is 5.32 Å². The second-order valence-corrected chi connectivity index (χ2v) is 3.06. The van der Waals surface area contributed by atoms with Gasteiger partial charge < -0.3 is 19.5 Å². The van der Waals surface area contributed by atoms with Gasteiger partial charge in [-0.25, -0.2) is 4.79 Å².